The molecule has 0 aliphatic heterocycles. The molecule has 0 unspecified atom stereocenters. The second kappa shape index (κ2) is 4.85. The maximum Gasteiger partial charge on any atom is 0.287 e. The van der Waals surface area contributed by atoms with Gasteiger partial charge < -0.3 is 14.7 Å². The van der Waals surface area contributed by atoms with E-state index in [9.17, 15) is 4.79 Å². The van der Waals surface area contributed by atoms with Gasteiger partial charge in [0.25, 0.3) is 5.91 Å². The van der Waals surface area contributed by atoms with Crippen molar-refractivity contribution < 1.29 is 9.21 Å². The molecule has 1 aromatic carbocycles. The maximum absolute atomic E-state index is 12.0. The lowest BCUT2D eigenvalue weighted by atomic mass is 10.3. The molecule has 5 heteroatoms. The van der Waals surface area contributed by atoms with E-state index in [0.29, 0.717) is 11.5 Å². The molecule has 0 fully saturated rings. The summed E-state index contributed by atoms with van der Waals surface area (Å²) in [6.07, 6.45) is 0. The Hall–Kier alpha value is -2.56. The standard InChI is InChI=1S/C15H15N3O2/c1-9-7-8-13(20-9)15(19)16-10(2)14-17-11-5-3-4-6-12(11)18-14/h3-8,10H,1-2H3,(H,16,19)(H,17,18)/t10-/m0/s1. The zero-order valence-corrected chi connectivity index (χ0v) is 11.3. The molecule has 2 heterocycles. The molecule has 1 amide bonds. The Labute approximate surface area is 116 Å². The van der Waals surface area contributed by atoms with E-state index in [-0.39, 0.29) is 11.9 Å². The van der Waals surface area contributed by atoms with Crippen LogP contribution in [-0.4, -0.2) is 15.9 Å². The molecule has 0 radical (unpaired) electrons. The largest absolute Gasteiger partial charge is 0.456 e. The first-order valence-corrected chi connectivity index (χ1v) is 6.45. The van der Waals surface area contributed by atoms with E-state index < -0.39 is 0 Å². The van der Waals surface area contributed by atoms with Crippen LogP contribution in [0.1, 0.15) is 35.1 Å². The Balaban J connectivity index is 1.78. The smallest absolute Gasteiger partial charge is 0.287 e. The highest BCUT2D eigenvalue weighted by Gasteiger charge is 2.16. The number of imidazole rings is 1. The van der Waals surface area contributed by atoms with Crippen LogP contribution in [-0.2, 0) is 0 Å². The molecule has 0 saturated heterocycles. The molecule has 3 rings (SSSR count). The van der Waals surface area contributed by atoms with E-state index in [2.05, 4.69) is 15.3 Å². The third-order valence-corrected chi connectivity index (χ3v) is 3.13. The maximum atomic E-state index is 12.0. The van der Waals surface area contributed by atoms with E-state index in [1.165, 1.54) is 0 Å². The van der Waals surface area contributed by atoms with E-state index in [0.717, 1.165) is 16.9 Å². The third kappa shape index (κ3) is 2.30. The van der Waals surface area contributed by atoms with Crippen LogP contribution < -0.4 is 5.32 Å². The van der Waals surface area contributed by atoms with Gasteiger partial charge in [-0.1, -0.05) is 12.1 Å². The van der Waals surface area contributed by atoms with Crippen molar-refractivity contribution in [3.05, 3.63) is 53.7 Å². The average molecular weight is 269 g/mol. The van der Waals surface area contributed by atoms with Crippen molar-refractivity contribution in [1.82, 2.24) is 15.3 Å². The van der Waals surface area contributed by atoms with Gasteiger partial charge in [-0.3, -0.25) is 4.79 Å². The first-order valence-electron chi connectivity index (χ1n) is 6.45. The van der Waals surface area contributed by atoms with E-state index in [1.54, 1.807) is 19.1 Å². The number of rotatable bonds is 3. The van der Waals surface area contributed by atoms with Gasteiger partial charge in [0.1, 0.15) is 11.6 Å². The van der Waals surface area contributed by atoms with Gasteiger partial charge in [-0.25, -0.2) is 4.98 Å². The molecule has 0 bridgehead atoms. The van der Waals surface area contributed by atoms with E-state index >= 15 is 0 Å². The molecule has 2 aromatic heterocycles. The number of nitrogens with zero attached hydrogens (tertiary/aromatic N) is 1. The normalized spacial score (nSPS) is 12.5. The fourth-order valence-electron chi connectivity index (χ4n) is 2.07. The molecule has 0 aliphatic rings. The molecule has 102 valence electrons. The van der Waals surface area contributed by atoms with Crippen molar-refractivity contribution in [2.45, 2.75) is 19.9 Å². The summed E-state index contributed by atoms with van der Waals surface area (Å²) in [5.74, 6) is 1.51. The number of aromatic nitrogens is 2. The number of benzene rings is 1. The summed E-state index contributed by atoms with van der Waals surface area (Å²) >= 11 is 0. The van der Waals surface area contributed by atoms with E-state index in [1.807, 2.05) is 31.2 Å². The number of carbonyl (C=O) groups is 1. The first-order chi connectivity index (χ1) is 9.63. The summed E-state index contributed by atoms with van der Waals surface area (Å²) in [7, 11) is 0. The quantitative estimate of drug-likeness (QED) is 0.768. The predicted octanol–water partition coefficient (Wildman–Crippen LogP) is 2.96. The highest BCUT2D eigenvalue weighted by molar-refractivity contribution is 5.91. The number of fused-ring (bicyclic) bond motifs is 1. The summed E-state index contributed by atoms with van der Waals surface area (Å²) in [5.41, 5.74) is 1.84. The number of H-pyrrole nitrogens is 1. The van der Waals surface area contributed by atoms with Gasteiger partial charge in [0.15, 0.2) is 5.76 Å². The van der Waals surface area contributed by atoms with Crippen molar-refractivity contribution in [3.8, 4) is 0 Å². The third-order valence-electron chi connectivity index (χ3n) is 3.13. The number of aromatic amines is 1. The lowest BCUT2D eigenvalue weighted by Gasteiger charge is -2.09. The summed E-state index contributed by atoms with van der Waals surface area (Å²) in [6.45, 7) is 3.69. The molecule has 0 aliphatic carbocycles. The van der Waals surface area contributed by atoms with Crippen LogP contribution in [0, 0.1) is 6.92 Å². The first kappa shape index (κ1) is 12.5. The van der Waals surface area contributed by atoms with Crippen LogP contribution in [0.25, 0.3) is 11.0 Å². The molecule has 2 N–H and O–H groups in total. The van der Waals surface area contributed by atoms with Crippen LogP contribution in [0.3, 0.4) is 0 Å². The summed E-state index contributed by atoms with van der Waals surface area (Å²) in [4.78, 5) is 19.7. The van der Waals surface area contributed by atoms with Gasteiger partial charge in [-0.15, -0.1) is 0 Å². The zero-order valence-electron chi connectivity index (χ0n) is 11.3. The molecular formula is C15H15N3O2. The predicted molar refractivity (Wildman–Crippen MR) is 75.4 cm³/mol. The zero-order chi connectivity index (χ0) is 14.1. The van der Waals surface area contributed by atoms with Crippen LogP contribution in [0.15, 0.2) is 40.8 Å². The van der Waals surface area contributed by atoms with Crippen molar-refractivity contribution in [1.29, 1.82) is 0 Å². The van der Waals surface area contributed by atoms with Crippen LogP contribution >= 0.6 is 0 Å². The van der Waals surface area contributed by atoms with Gasteiger partial charge in [0.2, 0.25) is 0 Å². The van der Waals surface area contributed by atoms with Crippen molar-refractivity contribution in [2.75, 3.05) is 0 Å². The molecule has 20 heavy (non-hydrogen) atoms. The van der Waals surface area contributed by atoms with Gasteiger partial charge >= 0.3 is 0 Å². The number of hydrogen-bond donors (Lipinski definition) is 2. The number of carbonyl (C=O) groups excluding carboxylic acids is 1. The number of para-hydroxylation sites is 2. The number of amides is 1. The topological polar surface area (TPSA) is 70.9 Å². The van der Waals surface area contributed by atoms with Crippen LogP contribution in [0.2, 0.25) is 0 Å². The lowest BCUT2D eigenvalue weighted by molar-refractivity contribution is 0.0909. The Morgan fingerprint density at radius 1 is 1.30 bits per heavy atom. The van der Waals surface area contributed by atoms with E-state index in [4.69, 9.17) is 4.42 Å². The number of nitrogens with one attached hydrogen (secondary N) is 2. The Bertz CT molecular complexity index is 724. The van der Waals surface area contributed by atoms with Crippen molar-refractivity contribution in [2.24, 2.45) is 0 Å². The highest BCUT2D eigenvalue weighted by atomic mass is 16.3. The summed E-state index contributed by atoms with van der Waals surface area (Å²) in [5, 5.41) is 2.86. The minimum Gasteiger partial charge on any atom is -0.456 e. The molecule has 0 spiro atoms. The average Bonchev–Trinajstić information content (AvgIpc) is 3.04. The molecule has 1 atom stereocenters. The van der Waals surface area contributed by atoms with Crippen LogP contribution in [0.5, 0.6) is 0 Å². The number of aryl methyl sites for hydroxylation is 1. The molecular weight excluding hydrogens is 254 g/mol. The second-order valence-corrected chi connectivity index (χ2v) is 4.74. The molecule has 0 saturated carbocycles. The van der Waals surface area contributed by atoms with Gasteiger partial charge in [-0.05, 0) is 38.1 Å². The fourth-order valence-corrected chi connectivity index (χ4v) is 2.07. The molecule has 5 nitrogen and oxygen atoms in total. The van der Waals surface area contributed by atoms with Crippen molar-refractivity contribution >= 4 is 16.9 Å². The Kier molecular flexibility index (Phi) is 3.02. The highest BCUT2D eigenvalue weighted by Crippen LogP contribution is 2.16. The lowest BCUT2D eigenvalue weighted by Crippen LogP contribution is -2.26. The fraction of sp³-hybridized carbons (Fsp3) is 0.200. The SMILES string of the molecule is Cc1ccc(C(=O)N[C@@H](C)c2nc3ccccc3[nH]2)o1. The van der Waals surface area contributed by atoms with Gasteiger partial charge in [0, 0.05) is 0 Å². The second-order valence-electron chi connectivity index (χ2n) is 4.74. The number of furan rings is 1. The Morgan fingerprint density at radius 2 is 2.10 bits per heavy atom. The summed E-state index contributed by atoms with van der Waals surface area (Å²) < 4.78 is 5.30. The Morgan fingerprint density at radius 3 is 2.80 bits per heavy atom. The van der Waals surface area contributed by atoms with Crippen LogP contribution in [0.4, 0.5) is 0 Å². The summed E-state index contributed by atoms with van der Waals surface area (Å²) in [6, 6.07) is 11.0. The molecule has 3 aromatic rings. The van der Waals surface area contributed by atoms with Gasteiger partial charge in [0.05, 0.1) is 17.1 Å². The van der Waals surface area contributed by atoms with Gasteiger partial charge in [-0.2, -0.15) is 0 Å². The number of hydrogen-bond acceptors (Lipinski definition) is 3. The minimum atomic E-state index is -0.244. The monoisotopic (exact) mass is 269 g/mol. The minimum absolute atomic E-state index is 0.222. The van der Waals surface area contributed by atoms with Crippen molar-refractivity contribution in [3.63, 3.8) is 0 Å².